The van der Waals surface area contributed by atoms with Gasteiger partial charge in [-0.1, -0.05) is 105 Å². The fourth-order valence-electron chi connectivity index (χ4n) is 13.8. The van der Waals surface area contributed by atoms with Gasteiger partial charge in [0.2, 0.25) is 17.3 Å². The molecule has 105 heavy (non-hydrogen) atoms. The van der Waals surface area contributed by atoms with Gasteiger partial charge >= 0.3 is 6.18 Å². The summed E-state index contributed by atoms with van der Waals surface area (Å²) in [6.45, 7) is 18.3. The van der Waals surface area contributed by atoms with Gasteiger partial charge in [-0.2, -0.15) is 13.2 Å². The third kappa shape index (κ3) is 17.9. The highest BCUT2D eigenvalue weighted by Crippen LogP contribution is 2.46. The topological polar surface area (TPSA) is 149 Å². The van der Waals surface area contributed by atoms with Crippen LogP contribution >= 0.6 is 57.2 Å². The fourth-order valence-corrected chi connectivity index (χ4v) is 17.8. The second-order valence-electron chi connectivity index (χ2n) is 27.2. The average Bonchev–Trinajstić information content (AvgIpc) is 1.63. The molecule has 540 valence electrons. The summed E-state index contributed by atoms with van der Waals surface area (Å²) in [5, 5.41) is 33.6. The molecule has 3 saturated heterocycles. The Morgan fingerprint density at radius 3 is 1.10 bits per heavy atom. The van der Waals surface area contributed by atoms with Crippen LogP contribution < -0.4 is 14.2 Å². The van der Waals surface area contributed by atoms with Crippen LogP contribution in [0.25, 0.3) is 63.6 Å². The predicted octanol–water partition coefficient (Wildman–Crippen LogP) is 21.0. The SMILES string of the molecule is C[C@@H]1CCN(CCOc2ccc(-c3c(C(=O)c4ccc(C(F)(F)F)cc4)sc4cc(O)ccc34)cc2)C1.C[C@@H]1CCN(CCOc2ccc(-c3c(C(=O)c4ccc(Cl)cc4)sc4cc(O)ccc34)cc2)C1.C[C@@H]1CCN(CCOc2ccc(-c3c(C(=O)c4ccccc4Cl)sc4cc(O)ccc34)cc2)C1. The minimum atomic E-state index is -4.47. The number of nitrogens with zero attached hydrogens (tertiary/aromatic N) is 3. The fraction of sp³-hybridized carbons (Fsp3) is 0.259. The molecule has 0 unspecified atom stereocenters. The molecular formula is C85H78Cl2F3N3O9S3. The summed E-state index contributed by atoms with van der Waals surface area (Å²) in [7, 11) is 0. The number of fused-ring (bicyclic) bond motifs is 3. The highest BCUT2D eigenvalue weighted by molar-refractivity contribution is 7.22. The Bertz CT molecular complexity index is 5070. The number of ketones is 3. The zero-order valence-electron chi connectivity index (χ0n) is 58.1. The van der Waals surface area contributed by atoms with Crippen LogP contribution in [0.3, 0.4) is 0 Å². The largest absolute Gasteiger partial charge is 0.508 e. The van der Waals surface area contributed by atoms with Crippen molar-refractivity contribution in [3.63, 3.8) is 0 Å². The van der Waals surface area contributed by atoms with Crippen LogP contribution in [0.15, 0.2) is 200 Å². The van der Waals surface area contributed by atoms with Crippen molar-refractivity contribution in [1.29, 1.82) is 0 Å². The van der Waals surface area contributed by atoms with E-state index in [1.54, 1.807) is 78.9 Å². The Kier molecular flexibility index (Phi) is 23.4. The number of alkyl halides is 3. The van der Waals surface area contributed by atoms with Crippen molar-refractivity contribution in [2.45, 2.75) is 46.2 Å². The molecule has 3 aliphatic rings. The summed E-state index contributed by atoms with van der Waals surface area (Å²) in [5.74, 6) is 4.49. The van der Waals surface area contributed by atoms with Crippen LogP contribution in [0, 0.1) is 17.8 Å². The first-order valence-electron chi connectivity index (χ1n) is 35.1. The molecular weight excluding hydrogens is 1430 g/mol. The number of benzene rings is 9. The number of likely N-dealkylation sites (tertiary alicyclic amines) is 3. The molecule has 0 radical (unpaired) electrons. The summed E-state index contributed by atoms with van der Waals surface area (Å²) in [6.07, 6.45) is -0.734. The smallest absolute Gasteiger partial charge is 0.416 e. The lowest BCUT2D eigenvalue weighted by Gasteiger charge is -2.15. The Morgan fingerprint density at radius 1 is 0.438 bits per heavy atom. The molecule has 0 saturated carbocycles. The maximum absolute atomic E-state index is 13.5. The molecule has 0 amide bonds. The number of thiophene rings is 3. The molecule has 3 fully saturated rings. The molecule has 12 aromatic rings. The van der Waals surface area contributed by atoms with Gasteiger partial charge < -0.3 is 29.5 Å². The number of phenolic OH excluding ortho intramolecular Hbond substituents is 3. The van der Waals surface area contributed by atoms with Gasteiger partial charge in [0.1, 0.15) is 54.3 Å². The average molecular weight is 1510 g/mol. The predicted molar refractivity (Wildman–Crippen MR) is 419 cm³/mol. The number of phenols is 3. The summed E-state index contributed by atoms with van der Waals surface area (Å²) in [5.41, 5.74) is 5.47. The molecule has 3 aliphatic heterocycles. The number of hydrogen-bond acceptors (Lipinski definition) is 15. The van der Waals surface area contributed by atoms with Gasteiger partial charge in [-0.15, -0.1) is 34.0 Å². The number of carbonyl (C=O) groups excluding carboxylic acids is 3. The number of ether oxygens (including phenoxy) is 3. The van der Waals surface area contributed by atoms with E-state index in [2.05, 4.69) is 35.5 Å². The van der Waals surface area contributed by atoms with Crippen molar-refractivity contribution < 1.29 is 57.1 Å². The number of carbonyl (C=O) groups is 3. The Balaban J connectivity index is 0.000000140. The van der Waals surface area contributed by atoms with E-state index >= 15 is 0 Å². The molecule has 3 atom stereocenters. The number of aromatic hydroxyl groups is 3. The Labute approximate surface area is 630 Å². The van der Waals surface area contributed by atoms with Gasteiger partial charge in [-0.05, 0) is 213 Å². The first-order chi connectivity index (χ1) is 50.7. The van der Waals surface area contributed by atoms with Crippen molar-refractivity contribution in [3.05, 3.63) is 247 Å². The number of hydrogen-bond donors (Lipinski definition) is 3. The molecule has 3 N–H and O–H groups in total. The van der Waals surface area contributed by atoms with Crippen molar-refractivity contribution >= 4 is 105 Å². The normalized spacial score (nSPS) is 16.3. The monoisotopic (exact) mass is 1510 g/mol. The van der Waals surface area contributed by atoms with Crippen LogP contribution in [-0.2, 0) is 6.18 Å². The molecule has 6 heterocycles. The molecule has 0 aliphatic carbocycles. The van der Waals surface area contributed by atoms with E-state index in [1.807, 2.05) is 97.1 Å². The number of halogens is 5. The van der Waals surface area contributed by atoms with Gasteiger partial charge in [0.25, 0.3) is 0 Å². The van der Waals surface area contributed by atoms with E-state index in [0.717, 1.165) is 159 Å². The Hall–Kier alpha value is -9.08. The Morgan fingerprint density at radius 2 is 0.771 bits per heavy atom. The molecule has 12 nitrogen and oxygen atoms in total. The van der Waals surface area contributed by atoms with E-state index in [-0.39, 0.29) is 40.2 Å². The highest BCUT2D eigenvalue weighted by Gasteiger charge is 2.32. The lowest BCUT2D eigenvalue weighted by Crippen LogP contribution is -2.25. The molecule has 15 rings (SSSR count). The van der Waals surface area contributed by atoms with Crippen molar-refractivity contribution in [3.8, 4) is 67.9 Å². The van der Waals surface area contributed by atoms with Gasteiger partial charge in [0, 0.05) is 108 Å². The second-order valence-corrected chi connectivity index (χ2v) is 31.2. The van der Waals surface area contributed by atoms with E-state index in [1.165, 1.54) is 65.4 Å². The maximum atomic E-state index is 13.5. The van der Waals surface area contributed by atoms with Crippen LogP contribution in [0.2, 0.25) is 10.0 Å². The van der Waals surface area contributed by atoms with Crippen LogP contribution in [0.5, 0.6) is 34.5 Å². The van der Waals surface area contributed by atoms with E-state index < -0.39 is 11.7 Å². The van der Waals surface area contributed by atoms with Gasteiger partial charge in [0.05, 0.1) is 25.2 Å². The van der Waals surface area contributed by atoms with Gasteiger partial charge in [-0.3, -0.25) is 29.1 Å². The van der Waals surface area contributed by atoms with Crippen molar-refractivity contribution in [1.82, 2.24) is 14.7 Å². The molecule has 3 aromatic heterocycles. The summed E-state index contributed by atoms with van der Waals surface area (Å²) < 4.78 is 59.3. The van der Waals surface area contributed by atoms with E-state index in [4.69, 9.17) is 37.4 Å². The van der Waals surface area contributed by atoms with Crippen LogP contribution in [-0.4, -0.2) is 126 Å². The summed E-state index contributed by atoms with van der Waals surface area (Å²) >= 11 is 16.3. The van der Waals surface area contributed by atoms with Crippen LogP contribution in [0.4, 0.5) is 13.2 Å². The van der Waals surface area contributed by atoms with E-state index in [0.29, 0.717) is 65.9 Å². The van der Waals surface area contributed by atoms with Crippen molar-refractivity contribution in [2.75, 3.05) is 78.7 Å². The first-order valence-corrected chi connectivity index (χ1v) is 38.3. The zero-order valence-corrected chi connectivity index (χ0v) is 62.1. The van der Waals surface area contributed by atoms with Crippen LogP contribution in [0.1, 0.15) is 91.3 Å². The molecule has 20 heteroatoms. The standard InChI is InChI=1S/C29H26F3NO3S.2C28H26ClNO3S/c1-18-12-13-33(17-18)14-15-36-23-9-4-19(5-10-23)26-24-11-8-22(34)16-25(24)37-28(26)27(35)20-2-6-21(7-3-20)29(30,31)32;1-18-12-13-30(17-18)14-15-33-23-9-4-19(5-10-23)26-24-11-8-22(31)16-25(24)34-28(26)27(32)20-2-6-21(29)7-3-20;1-18-12-13-30(17-18)14-15-33-21-9-6-19(7-10-21)26-23-11-8-20(31)16-25(23)34-28(26)27(32)22-4-2-3-5-24(22)29/h2-11,16,18,34H,12-15,17H2,1H3;2*2-11,16,18,31H,12-15,17H2,1H3/t3*18-/m111/s1. The molecule has 0 spiro atoms. The zero-order chi connectivity index (χ0) is 73.5. The third-order valence-electron chi connectivity index (χ3n) is 19.3. The van der Waals surface area contributed by atoms with E-state index in [9.17, 15) is 42.9 Å². The lowest BCUT2D eigenvalue weighted by molar-refractivity contribution is -0.137. The summed E-state index contributed by atoms with van der Waals surface area (Å²) in [4.78, 5) is 49.3. The lowest BCUT2D eigenvalue weighted by atomic mass is 9.97. The maximum Gasteiger partial charge on any atom is 0.416 e. The van der Waals surface area contributed by atoms with Gasteiger partial charge in [0.15, 0.2) is 0 Å². The second kappa shape index (κ2) is 33.2. The molecule has 0 bridgehead atoms. The summed E-state index contributed by atoms with van der Waals surface area (Å²) in [6, 6.07) is 56.9. The molecule has 9 aromatic carbocycles. The third-order valence-corrected chi connectivity index (χ3v) is 23.4. The highest BCUT2D eigenvalue weighted by atomic mass is 35.5. The van der Waals surface area contributed by atoms with Crippen molar-refractivity contribution in [2.24, 2.45) is 17.8 Å². The minimum Gasteiger partial charge on any atom is -0.508 e. The number of rotatable bonds is 21. The first kappa shape index (κ1) is 74.2. The minimum absolute atomic E-state index is 0.0625. The quantitative estimate of drug-likeness (QED) is 0.0588. The van der Waals surface area contributed by atoms with Gasteiger partial charge in [-0.25, -0.2) is 0 Å².